The highest BCUT2D eigenvalue weighted by atomic mass is 16.5. The minimum absolute atomic E-state index is 0.000923. The van der Waals surface area contributed by atoms with Gasteiger partial charge in [0.1, 0.15) is 0 Å². The quantitative estimate of drug-likeness (QED) is 0.461. The van der Waals surface area contributed by atoms with Crippen molar-refractivity contribution in [1.29, 1.82) is 0 Å². The van der Waals surface area contributed by atoms with Crippen molar-refractivity contribution in [3.05, 3.63) is 101 Å². The van der Waals surface area contributed by atoms with Gasteiger partial charge in [0.15, 0.2) is 12.4 Å². The molecule has 0 saturated heterocycles. The van der Waals surface area contributed by atoms with E-state index in [0.717, 1.165) is 23.2 Å². The van der Waals surface area contributed by atoms with Crippen LogP contribution in [0.2, 0.25) is 0 Å². The number of esters is 1. The van der Waals surface area contributed by atoms with Crippen LogP contribution in [-0.4, -0.2) is 30.3 Å². The first-order valence-electron chi connectivity index (χ1n) is 10.2. The Labute approximate surface area is 181 Å². The normalized spacial score (nSPS) is 14.8. The number of rotatable bonds is 5. The minimum atomic E-state index is -0.690. The number of carbonyl (C=O) groups excluding carboxylic acids is 3. The summed E-state index contributed by atoms with van der Waals surface area (Å²) in [5.74, 6) is -1.24. The number of para-hydroxylation sites is 1. The molecule has 1 heterocycles. The fourth-order valence-corrected chi connectivity index (χ4v) is 3.94. The first-order chi connectivity index (χ1) is 15.0. The number of hydrogen-bond acceptors (Lipinski definition) is 4. The highest BCUT2D eigenvalue weighted by Gasteiger charge is 2.31. The van der Waals surface area contributed by atoms with Gasteiger partial charge in [0.05, 0.1) is 5.56 Å². The third kappa shape index (κ3) is 4.12. The van der Waals surface area contributed by atoms with Crippen molar-refractivity contribution in [2.75, 3.05) is 11.5 Å². The van der Waals surface area contributed by atoms with Gasteiger partial charge in [0.25, 0.3) is 5.91 Å². The van der Waals surface area contributed by atoms with Gasteiger partial charge in [-0.3, -0.25) is 9.59 Å². The number of nitrogens with zero attached hydrogens (tertiary/aromatic N) is 1. The molecular weight excluding hydrogens is 390 g/mol. The van der Waals surface area contributed by atoms with E-state index in [0.29, 0.717) is 5.56 Å². The highest BCUT2D eigenvalue weighted by molar-refractivity contribution is 6.14. The van der Waals surface area contributed by atoms with Crippen molar-refractivity contribution in [3.63, 3.8) is 0 Å². The summed E-state index contributed by atoms with van der Waals surface area (Å²) in [5, 5.41) is 0. The maximum Gasteiger partial charge on any atom is 0.339 e. The van der Waals surface area contributed by atoms with Crippen LogP contribution in [0.3, 0.4) is 0 Å². The van der Waals surface area contributed by atoms with E-state index in [2.05, 4.69) is 0 Å². The molecule has 0 aliphatic carbocycles. The molecule has 4 rings (SSSR count). The Balaban J connectivity index is 1.49. The zero-order chi connectivity index (χ0) is 22.0. The summed E-state index contributed by atoms with van der Waals surface area (Å²) in [5.41, 5.74) is 3.89. The number of ether oxygens (including phenoxy) is 1. The molecule has 1 amide bonds. The molecule has 156 valence electrons. The number of fused-ring (bicyclic) bond motifs is 1. The Morgan fingerprint density at radius 1 is 0.903 bits per heavy atom. The van der Waals surface area contributed by atoms with E-state index in [9.17, 15) is 14.4 Å². The smallest absolute Gasteiger partial charge is 0.339 e. The number of anilines is 1. The van der Waals surface area contributed by atoms with E-state index < -0.39 is 5.97 Å². The van der Waals surface area contributed by atoms with Gasteiger partial charge in [0.2, 0.25) is 0 Å². The molecular formula is C26H23NO4. The summed E-state index contributed by atoms with van der Waals surface area (Å²) in [4.78, 5) is 40.2. The molecule has 0 aromatic heterocycles. The molecule has 5 heteroatoms. The highest BCUT2D eigenvalue weighted by Crippen LogP contribution is 2.31. The summed E-state index contributed by atoms with van der Waals surface area (Å²) >= 11 is 0. The molecule has 3 aromatic carbocycles. The van der Waals surface area contributed by atoms with Crippen LogP contribution in [0, 0.1) is 6.92 Å². The zero-order valence-corrected chi connectivity index (χ0v) is 17.5. The topological polar surface area (TPSA) is 63.7 Å². The largest absolute Gasteiger partial charge is 0.452 e. The summed E-state index contributed by atoms with van der Waals surface area (Å²) in [6, 6.07) is 21.4. The van der Waals surface area contributed by atoms with E-state index in [1.165, 1.54) is 0 Å². The van der Waals surface area contributed by atoms with Crippen LogP contribution in [0.5, 0.6) is 0 Å². The maximum atomic E-state index is 12.9. The van der Waals surface area contributed by atoms with Crippen LogP contribution >= 0.6 is 0 Å². The van der Waals surface area contributed by atoms with Crippen molar-refractivity contribution >= 4 is 23.3 Å². The lowest BCUT2D eigenvalue weighted by Crippen LogP contribution is -2.38. The van der Waals surface area contributed by atoms with Gasteiger partial charge in [0, 0.05) is 22.9 Å². The Hall–Kier alpha value is -3.73. The molecule has 31 heavy (non-hydrogen) atoms. The van der Waals surface area contributed by atoms with Gasteiger partial charge >= 0.3 is 5.97 Å². The van der Waals surface area contributed by atoms with Crippen molar-refractivity contribution < 1.29 is 19.1 Å². The molecule has 1 atom stereocenters. The van der Waals surface area contributed by atoms with Gasteiger partial charge in [-0.2, -0.15) is 0 Å². The molecule has 1 aliphatic rings. The average Bonchev–Trinajstić information content (AvgIpc) is 3.13. The minimum Gasteiger partial charge on any atom is -0.452 e. The van der Waals surface area contributed by atoms with Crippen LogP contribution in [0.15, 0.2) is 72.8 Å². The molecule has 0 spiro atoms. The average molecular weight is 413 g/mol. The molecule has 0 radical (unpaired) electrons. The molecule has 5 nitrogen and oxygen atoms in total. The van der Waals surface area contributed by atoms with Gasteiger partial charge in [-0.15, -0.1) is 0 Å². The Morgan fingerprint density at radius 2 is 1.55 bits per heavy atom. The number of ketones is 1. The monoisotopic (exact) mass is 413 g/mol. The zero-order valence-electron chi connectivity index (χ0n) is 17.5. The van der Waals surface area contributed by atoms with E-state index >= 15 is 0 Å². The summed E-state index contributed by atoms with van der Waals surface area (Å²) in [6.07, 6.45) is 0.768. The summed E-state index contributed by atoms with van der Waals surface area (Å²) < 4.78 is 5.33. The van der Waals surface area contributed by atoms with Crippen molar-refractivity contribution in [2.24, 2.45) is 0 Å². The molecule has 0 bridgehead atoms. The second kappa shape index (κ2) is 8.56. The fourth-order valence-electron chi connectivity index (χ4n) is 3.94. The van der Waals surface area contributed by atoms with E-state index in [-0.39, 0.29) is 35.5 Å². The molecule has 0 saturated carbocycles. The van der Waals surface area contributed by atoms with E-state index in [4.69, 9.17) is 4.74 Å². The third-order valence-corrected chi connectivity index (χ3v) is 5.51. The summed E-state index contributed by atoms with van der Waals surface area (Å²) in [6.45, 7) is 3.52. The number of carbonyl (C=O) groups is 3. The second-order valence-electron chi connectivity index (χ2n) is 7.76. The summed E-state index contributed by atoms with van der Waals surface area (Å²) in [7, 11) is 0. The Kier molecular flexibility index (Phi) is 5.67. The Bertz CT molecular complexity index is 1150. The predicted molar refractivity (Wildman–Crippen MR) is 118 cm³/mol. The molecule has 0 fully saturated rings. The molecule has 1 unspecified atom stereocenters. The van der Waals surface area contributed by atoms with E-state index in [1.807, 2.05) is 50.2 Å². The first-order valence-corrected chi connectivity index (χ1v) is 10.2. The standard InChI is InChI=1S/C26H23NO4/c1-17-11-13-19(14-12-17)25(29)21-8-4-5-9-22(21)26(30)31-16-24(28)27-18(2)15-20-7-3-6-10-23(20)27/h3-14,18H,15-16H2,1-2H3. The number of hydrogen-bond donors (Lipinski definition) is 0. The second-order valence-corrected chi connectivity index (χ2v) is 7.76. The molecule has 3 aromatic rings. The lowest BCUT2D eigenvalue weighted by atomic mass is 9.98. The van der Waals surface area contributed by atoms with Crippen LogP contribution in [-0.2, 0) is 16.0 Å². The van der Waals surface area contributed by atoms with Gasteiger partial charge in [-0.05, 0) is 38.0 Å². The Morgan fingerprint density at radius 3 is 2.29 bits per heavy atom. The predicted octanol–water partition coefficient (Wildman–Crippen LogP) is 4.36. The fraction of sp³-hybridized carbons (Fsp3) is 0.192. The maximum absolute atomic E-state index is 12.9. The van der Waals surface area contributed by atoms with Crippen LogP contribution < -0.4 is 4.90 Å². The number of benzene rings is 3. The first kappa shape index (κ1) is 20.5. The van der Waals surface area contributed by atoms with Gasteiger partial charge in [-0.25, -0.2) is 4.79 Å². The van der Waals surface area contributed by atoms with Crippen LogP contribution in [0.1, 0.15) is 44.3 Å². The van der Waals surface area contributed by atoms with Crippen molar-refractivity contribution in [1.82, 2.24) is 0 Å². The van der Waals surface area contributed by atoms with Gasteiger partial charge in [-0.1, -0.05) is 66.2 Å². The van der Waals surface area contributed by atoms with Gasteiger partial charge < -0.3 is 9.64 Å². The van der Waals surface area contributed by atoms with Crippen molar-refractivity contribution in [3.8, 4) is 0 Å². The number of aryl methyl sites for hydroxylation is 1. The molecule has 1 aliphatic heterocycles. The molecule has 0 N–H and O–H groups in total. The van der Waals surface area contributed by atoms with Crippen LogP contribution in [0.4, 0.5) is 5.69 Å². The van der Waals surface area contributed by atoms with Crippen molar-refractivity contribution in [2.45, 2.75) is 26.3 Å². The lowest BCUT2D eigenvalue weighted by molar-refractivity contribution is -0.122. The lowest BCUT2D eigenvalue weighted by Gasteiger charge is -2.22. The SMILES string of the molecule is Cc1ccc(C(=O)c2ccccc2C(=O)OCC(=O)N2c3ccccc3CC2C)cc1. The third-order valence-electron chi connectivity index (χ3n) is 5.51. The number of amides is 1. The van der Waals surface area contributed by atoms with E-state index in [1.54, 1.807) is 41.3 Å². The van der Waals surface area contributed by atoms with Crippen LogP contribution in [0.25, 0.3) is 0 Å².